The molecule has 3 aromatic heterocycles. The number of hydrogen-bond donors (Lipinski definition) is 1. The van der Waals surface area contributed by atoms with E-state index in [2.05, 4.69) is 20.2 Å². The quantitative estimate of drug-likeness (QED) is 0.458. The van der Waals surface area contributed by atoms with Crippen molar-refractivity contribution in [2.24, 2.45) is 0 Å². The predicted molar refractivity (Wildman–Crippen MR) is 149 cm³/mol. The molecular weight excluding hydrogens is 498 g/mol. The van der Waals surface area contributed by atoms with Crippen molar-refractivity contribution in [1.82, 2.24) is 24.4 Å². The molecule has 0 spiro atoms. The Morgan fingerprint density at radius 1 is 1.03 bits per heavy atom. The van der Waals surface area contributed by atoms with Crippen molar-refractivity contribution < 1.29 is 19.1 Å². The highest BCUT2D eigenvalue weighted by Crippen LogP contribution is 2.36. The predicted octanol–water partition coefficient (Wildman–Crippen LogP) is 4.84. The highest BCUT2D eigenvalue weighted by atomic mass is 16.6. The third kappa shape index (κ3) is 5.62. The van der Waals surface area contributed by atoms with Gasteiger partial charge in [-0.15, -0.1) is 0 Å². The third-order valence-electron chi connectivity index (χ3n) is 7.35. The number of hydrogen-bond acceptors (Lipinski definition) is 9. The standard InChI is InChI=1S/C28H37N7O4/c1-18-21-17-30-26(32-24(21)35(19-8-6-7-9-19)23(18)25(36)38-5)31-22-11-10-20(16-29-22)33-12-14-34(15-13-33)27(37)39-28(2,3)4/h10-11,16-17,19H,6-9,12-15H2,1-5H3,(H,29,30,31,32). The molecule has 0 unspecified atom stereocenters. The van der Waals surface area contributed by atoms with Crippen LogP contribution in [0.4, 0.5) is 22.2 Å². The van der Waals surface area contributed by atoms with Crippen LogP contribution in [0.25, 0.3) is 11.0 Å². The van der Waals surface area contributed by atoms with Gasteiger partial charge in [0.1, 0.15) is 22.8 Å². The minimum absolute atomic E-state index is 0.214. The molecule has 1 aliphatic heterocycles. The van der Waals surface area contributed by atoms with Crippen LogP contribution in [0.5, 0.6) is 0 Å². The maximum atomic E-state index is 12.7. The van der Waals surface area contributed by atoms with Crippen LogP contribution in [-0.4, -0.2) is 75.4 Å². The Balaban J connectivity index is 1.30. The third-order valence-corrected chi connectivity index (χ3v) is 7.35. The Labute approximate surface area is 228 Å². The minimum Gasteiger partial charge on any atom is -0.464 e. The Morgan fingerprint density at radius 2 is 1.74 bits per heavy atom. The summed E-state index contributed by atoms with van der Waals surface area (Å²) in [4.78, 5) is 42.9. The van der Waals surface area contributed by atoms with Crippen molar-refractivity contribution >= 4 is 40.5 Å². The Bertz CT molecular complexity index is 1350. The molecule has 1 N–H and O–H groups in total. The number of rotatable bonds is 5. The Kier molecular flexibility index (Phi) is 7.33. The number of carbonyl (C=O) groups is 2. The van der Waals surface area contributed by atoms with Gasteiger partial charge >= 0.3 is 12.1 Å². The van der Waals surface area contributed by atoms with Crippen LogP contribution in [0.2, 0.25) is 0 Å². The van der Waals surface area contributed by atoms with Crippen molar-refractivity contribution in [1.29, 1.82) is 0 Å². The van der Waals surface area contributed by atoms with Gasteiger partial charge in [-0.25, -0.2) is 19.6 Å². The van der Waals surface area contributed by atoms with Crippen molar-refractivity contribution in [3.8, 4) is 0 Å². The zero-order valence-electron chi connectivity index (χ0n) is 23.4. The fourth-order valence-corrected chi connectivity index (χ4v) is 5.40. The molecule has 3 aromatic rings. The summed E-state index contributed by atoms with van der Waals surface area (Å²) < 4.78 is 12.6. The largest absolute Gasteiger partial charge is 0.464 e. The second-order valence-corrected chi connectivity index (χ2v) is 11.2. The molecule has 11 heteroatoms. The maximum absolute atomic E-state index is 12.7. The number of carbonyl (C=O) groups excluding carboxylic acids is 2. The smallest absolute Gasteiger partial charge is 0.410 e. The number of fused-ring (bicyclic) bond motifs is 1. The average Bonchev–Trinajstić information content (AvgIpc) is 3.54. The van der Waals surface area contributed by atoms with E-state index in [9.17, 15) is 9.59 Å². The number of aromatic nitrogens is 4. The number of anilines is 3. The van der Waals surface area contributed by atoms with E-state index in [4.69, 9.17) is 14.5 Å². The highest BCUT2D eigenvalue weighted by molar-refractivity contribution is 5.98. The van der Waals surface area contributed by atoms with Crippen LogP contribution in [-0.2, 0) is 9.47 Å². The van der Waals surface area contributed by atoms with Crippen LogP contribution < -0.4 is 10.2 Å². The molecule has 208 valence electrons. The summed E-state index contributed by atoms with van der Waals surface area (Å²) in [6.45, 7) is 10.1. The molecule has 5 rings (SSSR count). The zero-order chi connectivity index (χ0) is 27.7. The summed E-state index contributed by atoms with van der Waals surface area (Å²) in [6, 6.07) is 4.10. The van der Waals surface area contributed by atoms with Gasteiger partial charge in [0.2, 0.25) is 5.95 Å². The number of nitrogens with one attached hydrogen (secondary N) is 1. The SMILES string of the molecule is COC(=O)c1c(C)c2cnc(Nc3ccc(N4CCN(C(=O)OC(C)(C)C)CC4)cn3)nc2n1C1CCCC1. The second kappa shape index (κ2) is 10.7. The van der Waals surface area contributed by atoms with E-state index in [0.717, 1.165) is 48.0 Å². The van der Waals surface area contributed by atoms with Gasteiger partial charge in [-0.2, -0.15) is 4.98 Å². The first-order chi connectivity index (χ1) is 18.6. The van der Waals surface area contributed by atoms with Gasteiger partial charge in [0.25, 0.3) is 0 Å². The van der Waals surface area contributed by atoms with Gasteiger partial charge in [0, 0.05) is 43.8 Å². The molecule has 2 aliphatic rings. The molecule has 2 fully saturated rings. The monoisotopic (exact) mass is 535 g/mol. The summed E-state index contributed by atoms with van der Waals surface area (Å²) in [5.74, 6) is 0.687. The van der Waals surface area contributed by atoms with Gasteiger partial charge in [-0.3, -0.25) is 0 Å². The lowest BCUT2D eigenvalue weighted by Gasteiger charge is -2.36. The Morgan fingerprint density at radius 3 is 2.36 bits per heavy atom. The first-order valence-corrected chi connectivity index (χ1v) is 13.6. The zero-order valence-corrected chi connectivity index (χ0v) is 23.4. The van der Waals surface area contributed by atoms with Crippen molar-refractivity contribution in [2.45, 2.75) is 65.0 Å². The number of aryl methyl sites for hydroxylation is 1. The number of amides is 1. The summed E-state index contributed by atoms with van der Waals surface area (Å²) >= 11 is 0. The van der Waals surface area contributed by atoms with E-state index in [1.165, 1.54) is 7.11 Å². The lowest BCUT2D eigenvalue weighted by Crippen LogP contribution is -2.50. The number of nitrogens with zero attached hydrogens (tertiary/aromatic N) is 6. The second-order valence-electron chi connectivity index (χ2n) is 11.2. The van der Waals surface area contributed by atoms with Crippen LogP contribution in [0.15, 0.2) is 24.5 Å². The van der Waals surface area contributed by atoms with Gasteiger partial charge in [-0.05, 0) is 58.2 Å². The van der Waals surface area contributed by atoms with Gasteiger partial charge in [-0.1, -0.05) is 12.8 Å². The normalized spacial score (nSPS) is 16.5. The lowest BCUT2D eigenvalue weighted by atomic mass is 10.2. The van der Waals surface area contributed by atoms with E-state index in [1.54, 1.807) is 11.1 Å². The van der Waals surface area contributed by atoms with E-state index in [0.29, 0.717) is 43.6 Å². The molecule has 0 radical (unpaired) electrons. The fraction of sp³-hybridized carbons (Fsp3) is 0.536. The van der Waals surface area contributed by atoms with Crippen molar-refractivity contribution in [2.75, 3.05) is 43.5 Å². The van der Waals surface area contributed by atoms with Gasteiger partial charge < -0.3 is 29.2 Å². The molecule has 1 saturated heterocycles. The molecule has 1 amide bonds. The first-order valence-electron chi connectivity index (χ1n) is 13.6. The number of pyridine rings is 1. The molecule has 1 saturated carbocycles. The van der Waals surface area contributed by atoms with E-state index in [-0.39, 0.29) is 18.1 Å². The first kappa shape index (κ1) is 26.7. The molecule has 0 atom stereocenters. The van der Waals surface area contributed by atoms with Crippen molar-refractivity contribution in [3.63, 3.8) is 0 Å². The summed E-state index contributed by atoms with van der Waals surface area (Å²) in [6.07, 6.45) is 7.58. The van der Waals surface area contributed by atoms with E-state index in [1.807, 2.05) is 50.6 Å². The van der Waals surface area contributed by atoms with E-state index >= 15 is 0 Å². The molecular formula is C28H37N7O4. The average molecular weight is 536 g/mol. The molecule has 39 heavy (non-hydrogen) atoms. The fourth-order valence-electron chi connectivity index (χ4n) is 5.40. The van der Waals surface area contributed by atoms with Gasteiger partial charge in [0.15, 0.2) is 0 Å². The van der Waals surface area contributed by atoms with Crippen molar-refractivity contribution in [3.05, 3.63) is 35.8 Å². The van der Waals surface area contributed by atoms with Crippen LogP contribution in [0, 0.1) is 6.92 Å². The topological polar surface area (TPSA) is 115 Å². The number of piperazine rings is 1. The van der Waals surface area contributed by atoms with Gasteiger partial charge in [0.05, 0.1) is 19.0 Å². The molecule has 1 aliphatic carbocycles. The Hall–Kier alpha value is -3.89. The lowest BCUT2D eigenvalue weighted by molar-refractivity contribution is 0.0240. The molecule has 4 heterocycles. The summed E-state index contributed by atoms with van der Waals surface area (Å²) in [5, 5.41) is 4.06. The maximum Gasteiger partial charge on any atom is 0.410 e. The number of ether oxygens (including phenoxy) is 2. The minimum atomic E-state index is -0.503. The number of esters is 1. The summed E-state index contributed by atoms with van der Waals surface area (Å²) in [5.41, 5.74) is 2.60. The number of methoxy groups -OCH3 is 1. The molecule has 11 nitrogen and oxygen atoms in total. The molecule has 0 aromatic carbocycles. The highest BCUT2D eigenvalue weighted by Gasteiger charge is 2.29. The van der Waals surface area contributed by atoms with Crippen LogP contribution in [0.3, 0.4) is 0 Å². The summed E-state index contributed by atoms with van der Waals surface area (Å²) in [7, 11) is 1.41. The van der Waals surface area contributed by atoms with Crippen LogP contribution in [0.1, 0.15) is 68.5 Å². The van der Waals surface area contributed by atoms with Crippen LogP contribution >= 0.6 is 0 Å². The van der Waals surface area contributed by atoms with E-state index < -0.39 is 5.60 Å². The molecule has 0 bridgehead atoms.